The largest absolute Gasteiger partial charge is 0.374 e. The number of hydrogen-bond acceptors (Lipinski definition) is 4. The van der Waals surface area contributed by atoms with Gasteiger partial charge in [0.1, 0.15) is 6.04 Å². The molecule has 2 atom stereocenters. The molecular weight excluding hydrogens is 244 g/mol. The van der Waals surface area contributed by atoms with Crippen LogP contribution in [0.3, 0.4) is 0 Å². The highest BCUT2D eigenvalue weighted by Crippen LogP contribution is 2.03. The maximum atomic E-state index is 11.7. The van der Waals surface area contributed by atoms with E-state index in [2.05, 4.69) is 34.8 Å². The van der Waals surface area contributed by atoms with Crippen LogP contribution in [0.2, 0.25) is 0 Å². The fraction of sp³-hybridized carbons (Fsp3) is 0.615. The van der Waals surface area contributed by atoms with Crippen LogP contribution in [0.1, 0.15) is 27.2 Å². The van der Waals surface area contributed by atoms with Crippen molar-refractivity contribution in [3.63, 3.8) is 0 Å². The fourth-order valence-corrected chi connectivity index (χ4v) is 1.88. The molecule has 0 spiro atoms. The molecule has 1 heterocycles. The number of nitrogens with one attached hydrogen (secondary N) is 3. The number of amides is 2. The van der Waals surface area contributed by atoms with E-state index in [0.717, 1.165) is 6.42 Å². The van der Waals surface area contributed by atoms with Crippen molar-refractivity contribution in [3.8, 4) is 0 Å². The summed E-state index contributed by atoms with van der Waals surface area (Å²) in [5.74, 6) is 0.0869. The first-order chi connectivity index (χ1) is 8.99. The summed E-state index contributed by atoms with van der Waals surface area (Å²) < 4.78 is 0. The topological polar surface area (TPSA) is 82.6 Å². The van der Waals surface area contributed by atoms with Crippen molar-refractivity contribution >= 4 is 18.0 Å². The Kier molecular flexibility index (Phi) is 6.05. The van der Waals surface area contributed by atoms with Crippen LogP contribution in [0.25, 0.3) is 0 Å². The Morgan fingerprint density at radius 2 is 2.11 bits per heavy atom. The molecule has 0 radical (unpaired) electrons. The van der Waals surface area contributed by atoms with Crippen molar-refractivity contribution in [2.75, 3.05) is 6.54 Å². The Labute approximate surface area is 113 Å². The summed E-state index contributed by atoms with van der Waals surface area (Å²) in [5, 5.41) is 8.26. The van der Waals surface area contributed by atoms with Gasteiger partial charge in [0.2, 0.25) is 11.8 Å². The lowest BCUT2D eigenvalue weighted by molar-refractivity contribution is -0.126. The molecule has 0 fully saturated rings. The standard InChI is InChI=1S/C13H22N4O2/c1-9(2)6-10(3)17-12(18)8-16-13(19)11-7-14-4-5-15-11/h4-5,7,9-11,15H,6,8H2,1-3H3,(H,16,19)(H,17,18). The Bertz CT molecular complexity index is 377. The van der Waals surface area contributed by atoms with Crippen LogP contribution in [-0.4, -0.2) is 36.7 Å². The van der Waals surface area contributed by atoms with E-state index in [-0.39, 0.29) is 24.4 Å². The van der Waals surface area contributed by atoms with Crippen molar-refractivity contribution in [1.82, 2.24) is 16.0 Å². The van der Waals surface area contributed by atoms with Crippen molar-refractivity contribution < 1.29 is 9.59 Å². The summed E-state index contributed by atoms with van der Waals surface area (Å²) in [6.45, 7) is 6.15. The quantitative estimate of drug-likeness (QED) is 0.641. The van der Waals surface area contributed by atoms with Gasteiger partial charge >= 0.3 is 0 Å². The predicted octanol–water partition coefficient (Wildman–Crippen LogP) is 0.167. The van der Waals surface area contributed by atoms with Gasteiger partial charge in [0.15, 0.2) is 0 Å². The van der Waals surface area contributed by atoms with Gasteiger partial charge in [-0.25, -0.2) is 0 Å². The van der Waals surface area contributed by atoms with E-state index < -0.39 is 6.04 Å². The van der Waals surface area contributed by atoms with Gasteiger partial charge in [-0.15, -0.1) is 0 Å². The van der Waals surface area contributed by atoms with Gasteiger partial charge in [0, 0.05) is 24.7 Å². The van der Waals surface area contributed by atoms with Gasteiger partial charge in [0.05, 0.1) is 6.54 Å². The highest BCUT2D eigenvalue weighted by molar-refractivity contribution is 5.99. The van der Waals surface area contributed by atoms with Crippen LogP contribution in [0.5, 0.6) is 0 Å². The SMILES string of the molecule is CC(C)CC(C)NC(=O)CNC(=O)C1C=NC=CN1. The minimum Gasteiger partial charge on any atom is -0.374 e. The fourth-order valence-electron chi connectivity index (χ4n) is 1.88. The molecule has 0 aromatic carbocycles. The molecule has 1 rings (SSSR count). The lowest BCUT2D eigenvalue weighted by Crippen LogP contribution is -2.48. The molecular formula is C13H22N4O2. The zero-order valence-corrected chi connectivity index (χ0v) is 11.6. The van der Waals surface area contributed by atoms with Gasteiger partial charge < -0.3 is 16.0 Å². The number of aliphatic imine (C=N–C) groups is 1. The van der Waals surface area contributed by atoms with Gasteiger partial charge in [-0.1, -0.05) is 13.8 Å². The summed E-state index contributed by atoms with van der Waals surface area (Å²) in [6, 6.07) is -0.396. The first kappa shape index (κ1) is 15.2. The van der Waals surface area contributed by atoms with E-state index >= 15 is 0 Å². The number of nitrogens with zero attached hydrogens (tertiary/aromatic N) is 1. The van der Waals surface area contributed by atoms with Crippen molar-refractivity contribution in [2.45, 2.75) is 39.3 Å². The summed E-state index contributed by atoms with van der Waals surface area (Å²) in [4.78, 5) is 27.2. The Balaban J connectivity index is 2.24. The van der Waals surface area contributed by atoms with Crippen LogP contribution >= 0.6 is 0 Å². The van der Waals surface area contributed by atoms with Gasteiger partial charge in [-0.05, 0) is 19.3 Å². The molecule has 106 valence electrons. The van der Waals surface area contributed by atoms with E-state index in [1.807, 2.05) is 6.92 Å². The molecule has 2 unspecified atom stereocenters. The lowest BCUT2D eigenvalue weighted by atomic mass is 10.1. The molecule has 0 saturated heterocycles. The Morgan fingerprint density at radius 3 is 2.68 bits per heavy atom. The normalized spacial score (nSPS) is 18.8. The molecule has 0 aromatic rings. The zero-order chi connectivity index (χ0) is 14.3. The molecule has 6 heteroatoms. The highest BCUT2D eigenvalue weighted by atomic mass is 16.2. The maximum Gasteiger partial charge on any atom is 0.248 e. The highest BCUT2D eigenvalue weighted by Gasteiger charge is 2.17. The smallest absolute Gasteiger partial charge is 0.248 e. The Morgan fingerprint density at radius 1 is 1.37 bits per heavy atom. The molecule has 0 saturated carbocycles. The van der Waals surface area contributed by atoms with Crippen LogP contribution in [-0.2, 0) is 9.59 Å². The third-order valence-electron chi connectivity index (χ3n) is 2.61. The number of carbonyl (C=O) groups excluding carboxylic acids is 2. The van der Waals surface area contributed by atoms with Gasteiger partial charge in [-0.3, -0.25) is 14.6 Å². The number of rotatable bonds is 6. The summed E-state index contributed by atoms with van der Waals surface area (Å²) in [5.41, 5.74) is 0. The summed E-state index contributed by atoms with van der Waals surface area (Å²) in [6.07, 6.45) is 5.56. The molecule has 0 aromatic heterocycles. The van der Waals surface area contributed by atoms with E-state index in [9.17, 15) is 9.59 Å². The van der Waals surface area contributed by atoms with Crippen molar-refractivity contribution in [1.29, 1.82) is 0 Å². The number of hydrogen-bond donors (Lipinski definition) is 3. The van der Waals surface area contributed by atoms with Crippen LogP contribution < -0.4 is 16.0 Å². The van der Waals surface area contributed by atoms with Gasteiger partial charge in [-0.2, -0.15) is 0 Å². The average Bonchev–Trinajstić information content (AvgIpc) is 2.36. The second-order valence-electron chi connectivity index (χ2n) is 5.07. The van der Waals surface area contributed by atoms with Crippen LogP contribution in [0, 0.1) is 5.92 Å². The van der Waals surface area contributed by atoms with Crippen molar-refractivity contribution in [2.24, 2.45) is 10.9 Å². The zero-order valence-electron chi connectivity index (χ0n) is 11.6. The average molecular weight is 266 g/mol. The summed E-state index contributed by atoms with van der Waals surface area (Å²) >= 11 is 0. The minimum atomic E-state index is -0.508. The van der Waals surface area contributed by atoms with E-state index in [0.29, 0.717) is 5.92 Å². The lowest BCUT2D eigenvalue weighted by Gasteiger charge is -2.17. The predicted molar refractivity (Wildman–Crippen MR) is 74.6 cm³/mol. The van der Waals surface area contributed by atoms with Crippen molar-refractivity contribution in [3.05, 3.63) is 12.4 Å². The minimum absolute atomic E-state index is 0.0169. The monoisotopic (exact) mass is 266 g/mol. The molecule has 6 nitrogen and oxygen atoms in total. The third kappa shape index (κ3) is 6.03. The second kappa shape index (κ2) is 7.56. The molecule has 1 aliphatic rings. The first-order valence-electron chi connectivity index (χ1n) is 6.50. The Hall–Kier alpha value is -1.85. The third-order valence-corrected chi connectivity index (χ3v) is 2.61. The summed E-state index contributed by atoms with van der Waals surface area (Å²) in [7, 11) is 0. The van der Waals surface area contributed by atoms with E-state index in [4.69, 9.17) is 0 Å². The van der Waals surface area contributed by atoms with Crippen LogP contribution in [0.15, 0.2) is 17.4 Å². The molecule has 2 amide bonds. The van der Waals surface area contributed by atoms with E-state index in [1.165, 1.54) is 6.21 Å². The second-order valence-corrected chi connectivity index (χ2v) is 5.07. The van der Waals surface area contributed by atoms with Gasteiger partial charge in [0.25, 0.3) is 0 Å². The van der Waals surface area contributed by atoms with E-state index in [1.54, 1.807) is 12.4 Å². The molecule has 0 aliphatic carbocycles. The molecule has 19 heavy (non-hydrogen) atoms. The van der Waals surface area contributed by atoms with Crippen LogP contribution in [0.4, 0.5) is 0 Å². The maximum absolute atomic E-state index is 11.7. The molecule has 3 N–H and O–H groups in total. The number of carbonyl (C=O) groups is 2. The first-order valence-corrected chi connectivity index (χ1v) is 6.50. The molecule has 0 bridgehead atoms. The molecule has 1 aliphatic heterocycles.